The lowest BCUT2D eigenvalue weighted by Gasteiger charge is -2.65. The molecule has 0 aromatic rings. The number of nitrogens with two attached hydrogens (primary N) is 1. The molecule has 8 atom stereocenters. The molecule has 4 rings (SSSR count). The largest absolute Gasteiger partial charge is 0.327 e. The molecule has 0 aromatic carbocycles. The normalized spacial score (nSPS) is 51.1. The SMILES string of the molecule is C=C1CCC2(C)C3CCC4(C)C(CCC4(CC)C(=C)CN)C3C(C)CC2C1(F)F. The van der Waals surface area contributed by atoms with Crippen LogP contribution in [0.5, 0.6) is 0 Å². The van der Waals surface area contributed by atoms with Crippen LogP contribution in [0.4, 0.5) is 8.78 Å². The third-order valence-corrected chi connectivity index (χ3v) is 11.0. The zero-order valence-electron chi connectivity index (χ0n) is 19.0. The first kappa shape index (κ1) is 21.5. The molecule has 4 saturated carbocycles. The molecule has 0 heterocycles. The van der Waals surface area contributed by atoms with Crippen LogP contribution in [0.15, 0.2) is 24.3 Å². The molecule has 2 N–H and O–H groups in total. The van der Waals surface area contributed by atoms with Crippen molar-refractivity contribution in [1.82, 2.24) is 0 Å². The smallest absolute Gasteiger partial charge is 0.272 e. The number of alkyl halides is 2. The molecule has 1 nitrogen and oxygen atoms in total. The third-order valence-electron chi connectivity index (χ3n) is 11.0. The standard InChI is InChI=1S/C26H41F2N/c1-7-25(18(4)15-29)13-10-20-22-16(2)14-21-23(5,11-8-17(3)26(21,27)28)19(22)9-12-24(20,25)6/h16,19-22H,3-4,7-15,29H2,1-2,5-6H3. The van der Waals surface area contributed by atoms with E-state index < -0.39 is 11.8 Å². The summed E-state index contributed by atoms with van der Waals surface area (Å²) in [5, 5.41) is 0. The highest BCUT2D eigenvalue weighted by atomic mass is 19.3. The van der Waals surface area contributed by atoms with Crippen LogP contribution in [0.2, 0.25) is 0 Å². The van der Waals surface area contributed by atoms with Crippen LogP contribution < -0.4 is 5.73 Å². The Morgan fingerprint density at radius 1 is 1.14 bits per heavy atom. The minimum Gasteiger partial charge on any atom is -0.327 e. The van der Waals surface area contributed by atoms with Crippen LogP contribution in [0.1, 0.15) is 79.1 Å². The van der Waals surface area contributed by atoms with E-state index in [4.69, 9.17) is 5.73 Å². The highest BCUT2D eigenvalue weighted by molar-refractivity contribution is 5.26. The van der Waals surface area contributed by atoms with Gasteiger partial charge < -0.3 is 5.73 Å². The fourth-order valence-electron chi connectivity index (χ4n) is 9.31. The molecule has 4 fully saturated rings. The van der Waals surface area contributed by atoms with Crippen molar-refractivity contribution < 1.29 is 8.78 Å². The van der Waals surface area contributed by atoms with E-state index >= 15 is 8.78 Å². The Morgan fingerprint density at radius 2 is 1.79 bits per heavy atom. The van der Waals surface area contributed by atoms with Gasteiger partial charge in [0.2, 0.25) is 0 Å². The van der Waals surface area contributed by atoms with Gasteiger partial charge in [-0.2, -0.15) is 0 Å². The molecule has 4 aliphatic carbocycles. The van der Waals surface area contributed by atoms with Crippen LogP contribution in [-0.4, -0.2) is 12.5 Å². The van der Waals surface area contributed by atoms with Crippen molar-refractivity contribution in [2.24, 2.45) is 51.6 Å². The lowest BCUT2D eigenvalue weighted by atomic mass is 9.40. The van der Waals surface area contributed by atoms with Gasteiger partial charge >= 0.3 is 0 Å². The number of allylic oxidation sites excluding steroid dienone is 1. The molecule has 0 amide bonds. The van der Waals surface area contributed by atoms with E-state index in [1.54, 1.807) is 0 Å². The van der Waals surface area contributed by atoms with E-state index in [0.717, 1.165) is 25.7 Å². The van der Waals surface area contributed by atoms with Crippen molar-refractivity contribution in [3.05, 3.63) is 24.3 Å². The van der Waals surface area contributed by atoms with Crippen molar-refractivity contribution in [2.45, 2.75) is 85.0 Å². The maximum Gasteiger partial charge on any atom is 0.272 e. The van der Waals surface area contributed by atoms with Gasteiger partial charge in [0.15, 0.2) is 0 Å². The minimum absolute atomic E-state index is 0.125. The molecule has 0 saturated heterocycles. The number of rotatable bonds is 3. The Morgan fingerprint density at radius 3 is 2.41 bits per heavy atom. The molecular weight excluding hydrogens is 364 g/mol. The van der Waals surface area contributed by atoms with Crippen molar-refractivity contribution in [2.75, 3.05) is 6.54 Å². The number of hydrogen-bond acceptors (Lipinski definition) is 1. The van der Waals surface area contributed by atoms with Crippen molar-refractivity contribution in [3.8, 4) is 0 Å². The molecule has 29 heavy (non-hydrogen) atoms. The van der Waals surface area contributed by atoms with Gasteiger partial charge in [0.25, 0.3) is 5.92 Å². The van der Waals surface area contributed by atoms with Crippen LogP contribution >= 0.6 is 0 Å². The molecule has 0 radical (unpaired) electrons. The molecule has 4 aliphatic rings. The van der Waals surface area contributed by atoms with E-state index in [2.05, 4.69) is 40.9 Å². The van der Waals surface area contributed by atoms with Gasteiger partial charge in [-0.05, 0) is 96.9 Å². The first-order valence-corrected chi connectivity index (χ1v) is 11.9. The Balaban J connectivity index is 1.73. The summed E-state index contributed by atoms with van der Waals surface area (Å²) in [6.45, 7) is 18.0. The van der Waals surface area contributed by atoms with Crippen molar-refractivity contribution in [1.29, 1.82) is 0 Å². The van der Waals surface area contributed by atoms with Crippen molar-refractivity contribution in [3.63, 3.8) is 0 Å². The number of hydrogen-bond donors (Lipinski definition) is 1. The molecule has 0 aliphatic heterocycles. The van der Waals surface area contributed by atoms with Gasteiger partial charge in [-0.3, -0.25) is 0 Å². The first-order valence-electron chi connectivity index (χ1n) is 11.9. The summed E-state index contributed by atoms with van der Waals surface area (Å²) < 4.78 is 30.5. The van der Waals surface area contributed by atoms with Crippen LogP contribution in [-0.2, 0) is 0 Å². The van der Waals surface area contributed by atoms with Gasteiger partial charge in [-0.15, -0.1) is 0 Å². The zero-order chi connectivity index (χ0) is 21.4. The molecular formula is C26H41F2N. The number of halogens is 2. The monoisotopic (exact) mass is 405 g/mol. The maximum absolute atomic E-state index is 15.3. The zero-order valence-corrected chi connectivity index (χ0v) is 19.0. The van der Waals surface area contributed by atoms with Gasteiger partial charge in [0, 0.05) is 12.5 Å². The second-order valence-corrected chi connectivity index (χ2v) is 11.5. The molecule has 164 valence electrons. The van der Waals surface area contributed by atoms with Gasteiger partial charge in [0.05, 0.1) is 0 Å². The highest BCUT2D eigenvalue weighted by Crippen LogP contribution is 2.74. The summed E-state index contributed by atoms with van der Waals surface area (Å²) in [5.74, 6) is -1.32. The molecule has 0 spiro atoms. The first-order chi connectivity index (χ1) is 13.5. The van der Waals surface area contributed by atoms with E-state index in [1.807, 2.05) is 0 Å². The Labute approximate surface area is 176 Å². The molecule has 3 heteroatoms. The van der Waals surface area contributed by atoms with E-state index in [1.165, 1.54) is 18.4 Å². The van der Waals surface area contributed by atoms with Gasteiger partial charge in [0.1, 0.15) is 0 Å². The van der Waals surface area contributed by atoms with Crippen LogP contribution in [0.3, 0.4) is 0 Å². The number of fused-ring (bicyclic) bond motifs is 5. The predicted octanol–water partition coefficient (Wildman–Crippen LogP) is 6.99. The maximum atomic E-state index is 15.3. The van der Waals surface area contributed by atoms with Gasteiger partial charge in [-0.1, -0.05) is 46.4 Å². The third kappa shape index (κ3) is 2.52. The Kier molecular flexibility index (Phi) is 4.93. The topological polar surface area (TPSA) is 26.0 Å². The summed E-state index contributed by atoms with van der Waals surface area (Å²) >= 11 is 0. The fourth-order valence-corrected chi connectivity index (χ4v) is 9.31. The summed E-state index contributed by atoms with van der Waals surface area (Å²) in [5.41, 5.74) is 7.58. The highest BCUT2D eigenvalue weighted by Gasteiger charge is 2.68. The van der Waals surface area contributed by atoms with E-state index in [-0.39, 0.29) is 21.8 Å². The van der Waals surface area contributed by atoms with E-state index in [0.29, 0.717) is 43.1 Å². The van der Waals surface area contributed by atoms with Gasteiger partial charge in [-0.25, -0.2) is 8.78 Å². The predicted molar refractivity (Wildman–Crippen MR) is 117 cm³/mol. The second-order valence-electron chi connectivity index (χ2n) is 11.5. The Hall–Kier alpha value is -0.700. The average Bonchev–Trinajstić information content (AvgIpc) is 2.99. The molecule has 0 aromatic heterocycles. The summed E-state index contributed by atoms with van der Waals surface area (Å²) in [6.07, 6.45) is 7.71. The Bertz CT molecular complexity index is 713. The van der Waals surface area contributed by atoms with Crippen molar-refractivity contribution >= 4 is 0 Å². The minimum atomic E-state index is -2.70. The van der Waals surface area contributed by atoms with Crippen LogP contribution in [0.25, 0.3) is 0 Å². The molecule has 8 unspecified atom stereocenters. The second kappa shape index (κ2) is 6.65. The summed E-state index contributed by atoms with van der Waals surface area (Å²) in [6, 6.07) is 0. The lowest BCUT2D eigenvalue weighted by Crippen LogP contribution is -2.60. The van der Waals surface area contributed by atoms with Crippen LogP contribution in [0, 0.1) is 45.8 Å². The average molecular weight is 406 g/mol. The summed E-state index contributed by atoms with van der Waals surface area (Å²) in [7, 11) is 0. The molecule has 0 bridgehead atoms. The quantitative estimate of drug-likeness (QED) is 0.503. The van der Waals surface area contributed by atoms with E-state index in [9.17, 15) is 0 Å². The summed E-state index contributed by atoms with van der Waals surface area (Å²) in [4.78, 5) is 0. The fraction of sp³-hybridized carbons (Fsp3) is 0.846. The lowest BCUT2D eigenvalue weighted by molar-refractivity contribution is -0.198.